The zero-order valence-corrected chi connectivity index (χ0v) is 18.1. The highest BCUT2D eigenvalue weighted by molar-refractivity contribution is 7.80. The van der Waals surface area contributed by atoms with E-state index in [2.05, 4.69) is 5.32 Å². The molecule has 1 aromatic heterocycles. The van der Waals surface area contributed by atoms with Crippen LogP contribution in [0.15, 0.2) is 60.2 Å². The van der Waals surface area contributed by atoms with E-state index in [1.807, 2.05) is 49.6 Å². The van der Waals surface area contributed by atoms with Gasteiger partial charge in [0.05, 0.1) is 5.69 Å². The minimum atomic E-state index is -0.536. The number of nitrogens with one attached hydrogen (secondary N) is 1. The van der Waals surface area contributed by atoms with Gasteiger partial charge in [0.2, 0.25) is 0 Å². The van der Waals surface area contributed by atoms with Crippen molar-refractivity contribution in [2.24, 2.45) is 0 Å². The molecule has 0 spiro atoms. The van der Waals surface area contributed by atoms with Crippen molar-refractivity contribution in [3.05, 3.63) is 88.5 Å². The predicted octanol–water partition coefficient (Wildman–Crippen LogP) is 4.37. The van der Waals surface area contributed by atoms with Crippen LogP contribution in [-0.4, -0.2) is 21.5 Å². The van der Waals surface area contributed by atoms with E-state index in [9.17, 15) is 14.0 Å². The van der Waals surface area contributed by atoms with Gasteiger partial charge in [0.1, 0.15) is 11.4 Å². The molecule has 7 heteroatoms. The van der Waals surface area contributed by atoms with Crippen molar-refractivity contribution in [1.82, 2.24) is 9.88 Å². The first-order chi connectivity index (χ1) is 14.8. The summed E-state index contributed by atoms with van der Waals surface area (Å²) in [7, 11) is 0. The molecular formula is C24H20FN3O2S. The zero-order chi connectivity index (χ0) is 22.3. The Balaban J connectivity index is 1.77. The van der Waals surface area contributed by atoms with Crippen LogP contribution in [-0.2, 0) is 9.59 Å². The Morgan fingerprint density at radius 3 is 2.35 bits per heavy atom. The SMILES string of the molecule is Cc1ccccc1N1C(=O)C(=Cc2cc(C)n(-c3ccc(F)cc3)c2C)C(=O)NC1=S. The number of anilines is 1. The predicted molar refractivity (Wildman–Crippen MR) is 123 cm³/mol. The largest absolute Gasteiger partial charge is 0.318 e. The maximum atomic E-state index is 13.3. The number of para-hydroxylation sites is 1. The molecule has 0 unspecified atom stereocenters. The van der Waals surface area contributed by atoms with Gasteiger partial charge in [-0.15, -0.1) is 0 Å². The summed E-state index contributed by atoms with van der Waals surface area (Å²) < 4.78 is 15.3. The standard InChI is InChI=1S/C24H20FN3O2S/c1-14-6-4-5-7-21(14)28-23(30)20(22(29)26-24(28)31)13-17-12-15(2)27(16(17)3)19-10-8-18(25)9-11-19/h4-13H,1-3H3,(H,26,29,31). The van der Waals surface area contributed by atoms with Gasteiger partial charge >= 0.3 is 0 Å². The number of aromatic nitrogens is 1. The van der Waals surface area contributed by atoms with Gasteiger partial charge in [-0.2, -0.15) is 0 Å². The Bertz CT molecular complexity index is 1260. The second-order valence-corrected chi connectivity index (χ2v) is 7.77. The van der Waals surface area contributed by atoms with E-state index in [0.717, 1.165) is 28.2 Å². The number of aryl methyl sites for hydroxylation is 2. The highest BCUT2D eigenvalue weighted by atomic mass is 32.1. The van der Waals surface area contributed by atoms with E-state index < -0.39 is 11.8 Å². The number of benzene rings is 2. The molecular weight excluding hydrogens is 413 g/mol. The fourth-order valence-corrected chi connectivity index (χ4v) is 4.04. The Hall–Kier alpha value is -3.58. The zero-order valence-electron chi connectivity index (χ0n) is 17.3. The number of carbonyl (C=O) groups excluding carboxylic acids is 2. The molecule has 1 aliphatic heterocycles. The summed E-state index contributed by atoms with van der Waals surface area (Å²) in [5.74, 6) is -1.33. The molecule has 1 aliphatic rings. The molecule has 0 bridgehead atoms. The van der Waals surface area contributed by atoms with Crippen molar-refractivity contribution >= 4 is 40.9 Å². The van der Waals surface area contributed by atoms with E-state index in [0.29, 0.717) is 5.69 Å². The van der Waals surface area contributed by atoms with Crippen LogP contribution in [0.2, 0.25) is 0 Å². The minimum Gasteiger partial charge on any atom is -0.318 e. The summed E-state index contributed by atoms with van der Waals surface area (Å²) in [6.07, 6.45) is 1.58. The fraction of sp³-hybridized carbons (Fsp3) is 0.125. The van der Waals surface area contributed by atoms with Crippen LogP contribution >= 0.6 is 12.2 Å². The summed E-state index contributed by atoms with van der Waals surface area (Å²) in [4.78, 5) is 27.2. The van der Waals surface area contributed by atoms with Gasteiger partial charge < -0.3 is 4.57 Å². The first-order valence-corrected chi connectivity index (χ1v) is 10.1. The molecule has 3 aromatic rings. The number of hydrogen-bond acceptors (Lipinski definition) is 3. The van der Waals surface area contributed by atoms with Gasteiger partial charge in [-0.3, -0.25) is 19.8 Å². The number of thiocarbonyl (C=S) groups is 1. The molecule has 0 saturated carbocycles. The number of halogens is 1. The van der Waals surface area contributed by atoms with Crippen molar-refractivity contribution < 1.29 is 14.0 Å². The van der Waals surface area contributed by atoms with Crippen molar-refractivity contribution in [3.63, 3.8) is 0 Å². The van der Waals surface area contributed by atoms with E-state index in [1.54, 1.807) is 24.3 Å². The maximum Gasteiger partial charge on any atom is 0.270 e. The molecule has 5 nitrogen and oxygen atoms in total. The van der Waals surface area contributed by atoms with Crippen molar-refractivity contribution in [3.8, 4) is 5.69 Å². The summed E-state index contributed by atoms with van der Waals surface area (Å²) in [5.41, 5.74) is 4.72. The van der Waals surface area contributed by atoms with Gasteiger partial charge in [-0.1, -0.05) is 18.2 Å². The Labute approximate surface area is 184 Å². The van der Waals surface area contributed by atoms with Gasteiger partial charge in [0, 0.05) is 17.1 Å². The molecule has 2 amide bonds. The number of nitrogens with zero attached hydrogens (tertiary/aromatic N) is 2. The topological polar surface area (TPSA) is 54.3 Å². The molecule has 1 saturated heterocycles. The molecule has 2 aromatic carbocycles. The van der Waals surface area contributed by atoms with Crippen LogP contribution in [0.1, 0.15) is 22.5 Å². The van der Waals surface area contributed by atoms with Gasteiger partial charge in [-0.05, 0) is 86.6 Å². The number of carbonyl (C=O) groups is 2. The number of amides is 2. The average Bonchev–Trinajstić information content (AvgIpc) is 3.00. The quantitative estimate of drug-likeness (QED) is 0.379. The maximum absolute atomic E-state index is 13.3. The second-order valence-electron chi connectivity index (χ2n) is 7.38. The van der Waals surface area contributed by atoms with Crippen LogP contribution in [0, 0.1) is 26.6 Å². The van der Waals surface area contributed by atoms with E-state index in [1.165, 1.54) is 17.0 Å². The van der Waals surface area contributed by atoms with Crippen LogP contribution in [0.4, 0.5) is 10.1 Å². The van der Waals surface area contributed by atoms with Crippen molar-refractivity contribution in [1.29, 1.82) is 0 Å². The molecule has 31 heavy (non-hydrogen) atoms. The molecule has 1 fully saturated rings. The average molecular weight is 434 g/mol. The van der Waals surface area contributed by atoms with Gasteiger partial charge in [0.15, 0.2) is 5.11 Å². The van der Waals surface area contributed by atoms with E-state index in [-0.39, 0.29) is 16.5 Å². The lowest BCUT2D eigenvalue weighted by Gasteiger charge is -2.30. The second kappa shape index (κ2) is 7.92. The summed E-state index contributed by atoms with van der Waals surface area (Å²) in [5, 5.41) is 2.67. The van der Waals surface area contributed by atoms with E-state index in [4.69, 9.17) is 12.2 Å². The monoisotopic (exact) mass is 433 g/mol. The number of hydrogen-bond donors (Lipinski definition) is 1. The van der Waals surface area contributed by atoms with Crippen LogP contribution in [0.5, 0.6) is 0 Å². The normalized spacial score (nSPS) is 15.5. The lowest BCUT2D eigenvalue weighted by molar-refractivity contribution is -0.122. The number of rotatable bonds is 3. The third kappa shape index (κ3) is 3.68. The van der Waals surface area contributed by atoms with Crippen molar-refractivity contribution in [2.45, 2.75) is 20.8 Å². The first-order valence-electron chi connectivity index (χ1n) is 9.70. The lowest BCUT2D eigenvalue weighted by atomic mass is 10.1. The third-order valence-corrected chi connectivity index (χ3v) is 5.60. The molecule has 1 N–H and O–H groups in total. The van der Waals surface area contributed by atoms with Crippen LogP contribution < -0.4 is 10.2 Å². The molecule has 4 rings (SSSR count). The highest BCUT2D eigenvalue weighted by Crippen LogP contribution is 2.27. The Morgan fingerprint density at radius 1 is 1.00 bits per heavy atom. The highest BCUT2D eigenvalue weighted by Gasteiger charge is 2.35. The summed E-state index contributed by atoms with van der Waals surface area (Å²) >= 11 is 5.28. The molecule has 0 radical (unpaired) electrons. The lowest BCUT2D eigenvalue weighted by Crippen LogP contribution is -2.54. The minimum absolute atomic E-state index is 0.00351. The van der Waals surface area contributed by atoms with Crippen LogP contribution in [0.25, 0.3) is 11.8 Å². The van der Waals surface area contributed by atoms with Gasteiger partial charge in [-0.25, -0.2) is 4.39 Å². The molecule has 2 heterocycles. The molecule has 0 atom stereocenters. The summed E-state index contributed by atoms with van der Waals surface area (Å²) in [6.45, 7) is 5.68. The molecule has 156 valence electrons. The smallest absolute Gasteiger partial charge is 0.270 e. The van der Waals surface area contributed by atoms with Crippen molar-refractivity contribution in [2.75, 3.05) is 4.90 Å². The van der Waals surface area contributed by atoms with E-state index >= 15 is 0 Å². The van der Waals surface area contributed by atoms with Crippen LogP contribution in [0.3, 0.4) is 0 Å². The Kier molecular flexibility index (Phi) is 5.29. The fourth-order valence-electron chi connectivity index (χ4n) is 3.77. The Morgan fingerprint density at radius 2 is 1.68 bits per heavy atom. The molecule has 0 aliphatic carbocycles. The first kappa shape index (κ1) is 20.7. The summed E-state index contributed by atoms with van der Waals surface area (Å²) in [6, 6.07) is 15.4. The third-order valence-electron chi connectivity index (χ3n) is 5.31. The van der Waals surface area contributed by atoms with Gasteiger partial charge in [0.25, 0.3) is 11.8 Å².